The van der Waals surface area contributed by atoms with Crippen molar-refractivity contribution in [2.45, 2.75) is 46.2 Å². The number of rotatable bonds is 5. The van der Waals surface area contributed by atoms with Crippen LogP contribution in [0.5, 0.6) is 0 Å². The van der Waals surface area contributed by atoms with Gasteiger partial charge in [-0.2, -0.15) is 0 Å². The van der Waals surface area contributed by atoms with Crippen molar-refractivity contribution in [2.24, 2.45) is 5.41 Å². The van der Waals surface area contributed by atoms with Crippen LogP contribution in [0.25, 0.3) is 0 Å². The van der Waals surface area contributed by atoms with Crippen LogP contribution in [-0.4, -0.2) is 30.6 Å². The molecule has 1 heterocycles. The zero-order valence-electron chi connectivity index (χ0n) is 12.7. The molecule has 0 atom stereocenters. The molecular formula is C17H28N2. The predicted octanol–water partition coefficient (Wildman–Crippen LogP) is 3.29. The molecule has 0 unspecified atom stereocenters. The summed E-state index contributed by atoms with van der Waals surface area (Å²) < 4.78 is 0. The van der Waals surface area contributed by atoms with Crippen LogP contribution in [0.4, 0.5) is 0 Å². The molecular weight excluding hydrogens is 232 g/mol. The van der Waals surface area contributed by atoms with E-state index < -0.39 is 0 Å². The number of piperidine rings is 1. The highest BCUT2D eigenvalue weighted by molar-refractivity contribution is 5.14. The third kappa shape index (κ3) is 4.32. The lowest BCUT2D eigenvalue weighted by Crippen LogP contribution is -2.45. The van der Waals surface area contributed by atoms with Crippen molar-refractivity contribution in [1.82, 2.24) is 10.2 Å². The van der Waals surface area contributed by atoms with Gasteiger partial charge < -0.3 is 5.32 Å². The molecule has 106 valence electrons. The summed E-state index contributed by atoms with van der Waals surface area (Å²) in [6.45, 7) is 11.7. The third-order valence-electron chi connectivity index (χ3n) is 4.35. The highest BCUT2D eigenvalue weighted by Crippen LogP contribution is 2.30. The molecule has 2 nitrogen and oxygen atoms in total. The molecule has 0 spiro atoms. The fourth-order valence-electron chi connectivity index (χ4n) is 2.92. The fraction of sp³-hybridized carbons (Fsp3) is 0.647. The van der Waals surface area contributed by atoms with Gasteiger partial charge in [0, 0.05) is 19.1 Å². The molecule has 1 saturated heterocycles. The van der Waals surface area contributed by atoms with E-state index in [-0.39, 0.29) is 0 Å². The van der Waals surface area contributed by atoms with Gasteiger partial charge in [-0.05, 0) is 50.8 Å². The maximum Gasteiger partial charge on any atom is 0.0236 e. The Balaban J connectivity index is 2.00. The first-order valence-corrected chi connectivity index (χ1v) is 7.58. The van der Waals surface area contributed by atoms with E-state index in [1.165, 1.54) is 38.0 Å². The number of hydrogen-bond acceptors (Lipinski definition) is 2. The minimum absolute atomic E-state index is 0.476. The zero-order valence-corrected chi connectivity index (χ0v) is 12.7. The average molecular weight is 260 g/mol. The van der Waals surface area contributed by atoms with Crippen LogP contribution in [0.1, 0.15) is 39.2 Å². The average Bonchev–Trinajstić information content (AvgIpc) is 2.39. The SMILES string of the molecule is CC(C)N(Cc1ccccc1)CC1(C)CCNCC1. The Labute approximate surface area is 118 Å². The third-order valence-corrected chi connectivity index (χ3v) is 4.35. The molecule has 0 saturated carbocycles. The highest BCUT2D eigenvalue weighted by atomic mass is 15.2. The van der Waals surface area contributed by atoms with E-state index in [1.807, 2.05) is 0 Å². The summed E-state index contributed by atoms with van der Waals surface area (Å²) in [5.74, 6) is 0. The van der Waals surface area contributed by atoms with Crippen molar-refractivity contribution >= 4 is 0 Å². The van der Waals surface area contributed by atoms with E-state index >= 15 is 0 Å². The second kappa shape index (κ2) is 6.53. The number of nitrogens with zero attached hydrogens (tertiary/aromatic N) is 1. The minimum atomic E-state index is 0.476. The van der Waals surface area contributed by atoms with Gasteiger partial charge in [-0.25, -0.2) is 0 Å². The second-order valence-corrected chi connectivity index (χ2v) is 6.54. The molecule has 19 heavy (non-hydrogen) atoms. The summed E-state index contributed by atoms with van der Waals surface area (Å²) in [7, 11) is 0. The van der Waals surface area contributed by atoms with E-state index in [0.717, 1.165) is 6.54 Å². The predicted molar refractivity (Wildman–Crippen MR) is 82.2 cm³/mol. The summed E-state index contributed by atoms with van der Waals surface area (Å²) in [6.07, 6.45) is 2.59. The summed E-state index contributed by atoms with van der Waals surface area (Å²) in [4.78, 5) is 2.63. The molecule has 1 fully saturated rings. The Bertz CT molecular complexity index is 366. The van der Waals surface area contributed by atoms with Crippen LogP contribution in [0.3, 0.4) is 0 Å². The Hall–Kier alpha value is -0.860. The van der Waals surface area contributed by atoms with Crippen LogP contribution >= 0.6 is 0 Å². The molecule has 1 N–H and O–H groups in total. The van der Waals surface area contributed by atoms with E-state index in [4.69, 9.17) is 0 Å². The molecule has 0 aromatic heterocycles. The Morgan fingerprint density at radius 1 is 1.16 bits per heavy atom. The van der Waals surface area contributed by atoms with Crippen molar-refractivity contribution in [1.29, 1.82) is 0 Å². The standard InChI is InChI=1S/C17H28N2/c1-15(2)19(13-16-7-5-4-6-8-16)14-17(3)9-11-18-12-10-17/h4-8,15,18H,9-14H2,1-3H3. The largest absolute Gasteiger partial charge is 0.317 e. The molecule has 0 amide bonds. The van der Waals surface area contributed by atoms with Crippen molar-refractivity contribution in [2.75, 3.05) is 19.6 Å². The first-order valence-electron chi connectivity index (χ1n) is 7.58. The van der Waals surface area contributed by atoms with Gasteiger partial charge in [0.2, 0.25) is 0 Å². The van der Waals surface area contributed by atoms with Crippen LogP contribution in [-0.2, 0) is 6.54 Å². The van der Waals surface area contributed by atoms with Crippen LogP contribution in [0, 0.1) is 5.41 Å². The maximum absolute atomic E-state index is 3.47. The first-order chi connectivity index (χ1) is 9.09. The molecule has 2 rings (SSSR count). The van der Waals surface area contributed by atoms with Gasteiger partial charge >= 0.3 is 0 Å². The summed E-state index contributed by atoms with van der Waals surface area (Å²) in [5.41, 5.74) is 1.90. The van der Waals surface area contributed by atoms with E-state index in [0.29, 0.717) is 11.5 Å². The minimum Gasteiger partial charge on any atom is -0.317 e. The van der Waals surface area contributed by atoms with Crippen molar-refractivity contribution in [3.05, 3.63) is 35.9 Å². The van der Waals surface area contributed by atoms with E-state index in [1.54, 1.807) is 0 Å². The molecule has 1 aromatic rings. The maximum atomic E-state index is 3.47. The number of nitrogens with one attached hydrogen (secondary N) is 1. The van der Waals surface area contributed by atoms with Gasteiger partial charge in [0.25, 0.3) is 0 Å². The number of benzene rings is 1. The Morgan fingerprint density at radius 2 is 1.79 bits per heavy atom. The van der Waals surface area contributed by atoms with Gasteiger partial charge in [-0.1, -0.05) is 37.3 Å². The summed E-state index contributed by atoms with van der Waals surface area (Å²) in [5, 5.41) is 3.47. The van der Waals surface area contributed by atoms with Gasteiger partial charge in [0.05, 0.1) is 0 Å². The lowest BCUT2D eigenvalue weighted by atomic mass is 9.80. The van der Waals surface area contributed by atoms with Gasteiger partial charge in [0.15, 0.2) is 0 Å². The quantitative estimate of drug-likeness (QED) is 0.874. The van der Waals surface area contributed by atoms with E-state index in [2.05, 4.69) is 61.3 Å². The monoisotopic (exact) mass is 260 g/mol. The van der Waals surface area contributed by atoms with Gasteiger partial charge in [-0.15, -0.1) is 0 Å². The molecule has 0 radical (unpaired) electrons. The molecule has 1 aromatic carbocycles. The van der Waals surface area contributed by atoms with Crippen LogP contribution in [0.2, 0.25) is 0 Å². The van der Waals surface area contributed by atoms with Crippen molar-refractivity contribution in [3.8, 4) is 0 Å². The molecule has 2 heteroatoms. The van der Waals surface area contributed by atoms with Gasteiger partial charge in [-0.3, -0.25) is 4.90 Å². The van der Waals surface area contributed by atoms with Crippen molar-refractivity contribution in [3.63, 3.8) is 0 Å². The molecule has 0 aliphatic carbocycles. The molecule has 1 aliphatic heterocycles. The van der Waals surface area contributed by atoms with Crippen molar-refractivity contribution < 1.29 is 0 Å². The topological polar surface area (TPSA) is 15.3 Å². The van der Waals surface area contributed by atoms with Crippen LogP contribution in [0.15, 0.2) is 30.3 Å². The lowest BCUT2D eigenvalue weighted by Gasteiger charge is -2.40. The Morgan fingerprint density at radius 3 is 2.37 bits per heavy atom. The second-order valence-electron chi connectivity index (χ2n) is 6.54. The van der Waals surface area contributed by atoms with Crippen LogP contribution < -0.4 is 5.32 Å². The summed E-state index contributed by atoms with van der Waals surface area (Å²) >= 11 is 0. The normalized spacial score (nSPS) is 19.0. The van der Waals surface area contributed by atoms with Gasteiger partial charge in [0.1, 0.15) is 0 Å². The zero-order chi connectivity index (χ0) is 13.7. The highest BCUT2D eigenvalue weighted by Gasteiger charge is 2.29. The molecule has 1 aliphatic rings. The van der Waals surface area contributed by atoms with E-state index in [9.17, 15) is 0 Å². The Kier molecular flexibility index (Phi) is 5.00. The smallest absolute Gasteiger partial charge is 0.0236 e. The number of hydrogen-bond donors (Lipinski definition) is 1. The first kappa shape index (κ1) is 14.5. The summed E-state index contributed by atoms with van der Waals surface area (Å²) in [6, 6.07) is 11.4. The fourth-order valence-corrected chi connectivity index (χ4v) is 2.92. The molecule has 0 bridgehead atoms. The lowest BCUT2D eigenvalue weighted by molar-refractivity contribution is 0.0992.